The number of hydrogen-bond donors (Lipinski definition) is 0. The molecule has 0 amide bonds. The van der Waals surface area contributed by atoms with Crippen molar-refractivity contribution in [2.45, 2.75) is 19.8 Å². The molecule has 0 saturated carbocycles. The lowest BCUT2D eigenvalue weighted by molar-refractivity contribution is 0.241. The standard InChI is InChI=1S/C19H20FN5S/c1-3-11-24-18(15-8-6-10-21-12-15)22-25(19(24)26)14-23(2)13-16-7-4-5-9-17(16)20/h3-10,12H,1,11,13-14H2,2H3. The SMILES string of the molecule is C=CCn1c(-c2cccnc2)nn(CN(C)Cc2ccccc2F)c1=S. The van der Waals surface area contributed by atoms with Gasteiger partial charge in [-0.05, 0) is 37.5 Å². The molecule has 7 heteroatoms. The maximum atomic E-state index is 13.9. The van der Waals surface area contributed by atoms with Crippen LogP contribution in [0.3, 0.4) is 0 Å². The van der Waals surface area contributed by atoms with E-state index >= 15 is 0 Å². The number of nitrogens with zero attached hydrogens (tertiary/aromatic N) is 5. The Hall–Kier alpha value is -2.64. The smallest absolute Gasteiger partial charge is 0.199 e. The van der Waals surface area contributed by atoms with E-state index in [1.165, 1.54) is 6.07 Å². The lowest BCUT2D eigenvalue weighted by Gasteiger charge is -2.16. The summed E-state index contributed by atoms with van der Waals surface area (Å²) in [5.41, 5.74) is 1.52. The highest BCUT2D eigenvalue weighted by Gasteiger charge is 2.14. The van der Waals surface area contributed by atoms with Gasteiger partial charge >= 0.3 is 0 Å². The first kappa shape index (κ1) is 18.2. The van der Waals surface area contributed by atoms with Crippen LogP contribution in [-0.4, -0.2) is 31.3 Å². The van der Waals surface area contributed by atoms with E-state index in [1.807, 2.05) is 34.7 Å². The average molecular weight is 369 g/mol. The van der Waals surface area contributed by atoms with Crippen molar-refractivity contribution in [3.63, 3.8) is 0 Å². The summed E-state index contributed by atoms with van der Waals surface area (Å²) in [6.07, 6.45) is 5.25. The third-order valence-electron chi connectivity index (χ3n) is 3.93. The molecule has 26 heavy (non-hydrogen) atoms. The van der Waals surface area contributed by atoms with Crippen molar-refractivity contribution in [3.8, 4) is 11.4 Å². The minimum Gasteiger partial charge on any atom is -0.296 e. The van der Waals surface area contributed by atoms with Crippen molar-refractivity contribution in [2.75, 3.05) is 7.05 Å². The first-order valence-corrected chi connectivity index (χ1v) is 8.62. The van der Waals surface area contributed by atoms with Gasteiger partial charge in [0.05, 0.1) is 6.67 Å². The van der Waals surface area contributed by atoms with E-state index in [1.54, 1.807) is 35.3 Å². The van der Waals surface area contributed by atoms with Crippen molar-refractivity contribution in [1.82, 2.24) is 24.2 Å². The molecule has 0 atom stereocenters. The fourth-order valence-corrected chi connectivity index (χ4v) is 2.99. The molecule has 134 valence electrons. The van der Waals surface area contributed by atoms with Gasteiger partial charge in [-0.3, -0.25) is 14.5 Å². The molecule has 0 bridgehead atoms. The van der Waals surface area contributed by atoms with Crippen molar-refractivity contribution < 1.29 is 4.39 Å². The predicted octanol–water partition coefficient (Wildman–Crippen LogP) is 3.89. The van der Waals surface area contributed by atoms with Gasteiger partial charge in [0, 0.05) is 36.6 Å². The largest absolute Gasteiger partial charge is 0.296 e. The monoisotopic (exact) mass is 369 g/mol. The van der Waals surface area contributed by atoms with Gasteiger partial charge in [0.2, 0.25) is 0 Å². The fourth-order valence-electron chi connectivity index (χ4n) is 2.73. The van der Waals surface area contributed by atoms with Crippen LogP contribution in [0.5, 0.6) is 0 Å². The molecule has 0 aliphatic carbocycles. The summed E-state index contributed by atoms with van der Waals surface area (Å²) < 4.78 is 18.1. The summed E-state index contributed by atoms with van der Waals surface area (Å²) in [6, 6.07) is 10.6. The number of aromatic nitrogens is 4. The Bertz CT molecular complexity index is 948. The molecule has 0 saturated heterocycles. The second kappa shape index (κ2) is 8.16. The summed E-state index contributed by atoms with van der Waals surface area (Å²) in [6.45, 7) is 5.26. The molecule has 5 nitrogen and oxygen atoms in total. The third-order valence-corrected chi connectivity index (χ3v) is 4.36. The zero-order chi connectivity index (χ0) is 18.5. The molecule has 0 aliphatic rings. The van der Waals surface area contributed by atoms with Crippen LogP contribution in [0, 0.1) is 10.6 Å². The Labute approximate surface area is 157 Å². The van der Waals surface area contributed by atoms with Crippen molar-refractivity contribution >= 4 is 12.2 Å². The van der Waals surface area contributed by atoms with Crippen LogP contribution in [0.4, 0.5) is 4.39 Å². The lowest BCUT2D eigenvalue weighted by atomic mass is 10.2. The van der Waals surface area contributed by atoms with Gasteiger partial charge in [0.15, 0.2) is 10.6 Å². The Morgan fingerprint density at radius 1 is 1.27 bits per heavy atom. The highest BCUT2D eigenvalue weighted by atomic mass is 32.1. The zero-order valence-electron chi connectivity index (χ0n) is 14.5. The number of halogens is 1. The Balaban J connectivity index is 1.87. The number of hydrogen-bond acceptors (Lipinski definition) is 4. The normalized spacial score (nSPS) is 11.0. The maximum absolute atomic E-state index is 13.9. The highest BCUT2D eigenvalue weighted by molar-refractivity contribution is 7.71. The molecule has 0 fully saturated rings. The van der Waals surface area contributed by atoms with Gasteiger partial charge in [-0.25, -0.2) is 9.07 Å². The maximum Gasteiger partial charge on any atom is 0.199 e. The average Bonchev–Trinajstić information content (AvgIpc) is 2.94. The van der Waals surface area contributed by atoms with Gasteiger partial charge in [-0.15, -0.1) is 6.58 Å². The lowest BCUT2D eigenvalue weighted by Crippen LogP contribution is -2.23. The van der Waals surface area contributed by atoms with E-state index in [4.69, 9.17) is 12.2 Å². The molecule has 0 N–H and O–H groups in total. The second-order valence-electron chi connectivity index (χ2n) is 5.99. The van der Waals surface area contributed by atoms with Crippen molar-refractivity contribution in [2.24, 2.45) is 0 Å². The Morgan fingerprint density at radius 2 is 2.08 bits per heavy atom. The van der Waals surface area contributed by atoms with Crippen molar-refractivity contribution in [1.29, 1.82) is 0 Å². The van der Waals surface area contributed by atoms with Crippen LogP contribution in [-0.2, 0) is 19.8 Å². The molecular formula is C19H20FN5S. The first-order valence-electron chi connectivity index (χ1n) is 8.21. The summed E-state index contributed by atoms with van der Waals surface area (Å²) in [4.78, 5) is 6.12. The molecule has 0 radical (unpaired) electrons. The molecule has 0 spiro atoms. The van der Waals surface area contributed by atoms with Crippen LogP contribution in [0.1, 0.15) is 5.56 Å². The number of pyridine rings is 1. The summed E-state index contributed by atoms with van der Waals surface area (Å²) >= 11 is 5.58. The van der Waals surface area contributed by atoms with Gasteiger partial charge in [0.25, 0.3) is 0 Å². The molecular weight excluding hydrogens is 349 g/mol. The van der Waals surface area contributed by atoms with E-state index in [0.717, 1.165) is 11.4 Å². The van der Waals surface area contributed by atoms with E-state index in [0.29, 0.717) is 30.1 Å². The topological polar surface area (TPSA) is 38.9 Å². The summed E-state index contributed by atoms with van der Waals surface area (Å²) in [5, 5.41) is 4.65. The quantitative estimate of drug-likeness (QED) is 0.468. The van der Waals surface area contributed by atoms with E-state index in [-0.39, 0.29) is 5.82 Å². The Kier molecular flexibility index (Phi) is 5.70. The third kappa shape index (κ3) is 3.95. The molecule has 1 aromatic carbocycles. The van der Waals surface area contributed by atoms with Gasteiger partial charge in [-0.2, -0.15) is 5.10 Å². The predicted molar refractivity (Wildman–Crippen MR) is 102 cm³/mol. The summed E-state index contributed by atoms with van der Waals surface area (Å²) in [5.74, 6) is 0.526. The molecule has 0 unspecified atom stereocenters. The van der Waals surface area contributed by atoms with Crippen LogP contribution in [0.2, 0.25) is 0 Å². The van der Waals surface area contributed by atoms with Crippen LogP contribution in [0.15, 0.2) is 61.4 Å². The van der Waals surface area contributed by atoms with Crippen LogP contribution >= 0.6 is 12.2 Å². The second-order valence-corrected chi connectivity index (χ2v) is 6.36. The molecule has 2 aromatic heterocycles. The molecule has 0 aliphatic heterocycles. The number of rotatable bonds is 7. The van der Waals surface area contributed by atoms with Gasteiger partial charge in [-0.1, -0.05) is 24.3 Å². The van der Waals surface area contributed by atoms with E-state index in [9.17, 15) is 4.39 Å². The fraction of sp³-hybridized carbons (Fsp3) is 0.211. The van der Waals surface area contributed by atoms with Crippen LogP contribution < -0.4 is 0 Å². The van der Waals surface area contributed by atoms with Gasteiger partial charge < -0.3 is 0 Å². The molecule has 3 aromatic rings. The van der Waals surface area contributed by atoms with Crippen LogP contribution in [0.25, 0.3) is 11.4 Å². The van der Waals surface area contributed by atoms with E-state index < -0.39 is 0 Å². The highest BCUT2D eigenvalue weighted by Crippen LogP contribution is 2.18. The number of allylic oxidation sites excluding steroid dienone is 1. The molecule has 2 heterocycles. The minimum atomic E-state index is -0.212. The van der Waals surface area contributed by atoms with E-state index in [2.05, 4.69) is 16.7 Å². The Morgan fingerprint density at radius 3 is 2.77 bits per heavy atom. The van der Waals surface area contributed by atoms with Gasteiger partial charge in [0.1, 0.15) is 5.82 Å². The molecule has 3 rings (SSSR count). The minimum absolute atomic E-state index is 0.212. The zero-order valence-corrected chi connectivity index (χ0v) is 15.4. The number of benzene rings is 1. The van der Waals surface area contributed by atoms with Crippen molar-refractivity contribution in [3.05, 3.63) is 77.6 Å². The first-order chi connectivity index (χ1) is 12.6. The summed E-state index contributed by atoms with van der Waals surface area (Å²) in [7, 11) is 1.91.